The number of likely N-dealkylation sites (tertiary alicyclic amines) is 1. The van der Waals surface area contributed by atoms with Gasteiger partial charge < -0.3 is 20.5 Å². The van der Waals surface area contributed by atoms with Gasteiger partial charge in [0.05, 0.1) is 5.39 Å². The summed E-state index contributed by atoms with van der Waals surface area (Å²) in [5, 5.41) is 3.36. The number of aromatic nitrogens is 3. The average Bonchev–Trinajstić information content (AvgIpc) is 3.16. The molecular formula is C21H22N6O3. The maximum Gasteiger partial charge on any atom is 0.254 e. The number of anilines is 1. The summed E-state index contributed by atoms with van der Waals surface area (Å²) in [5.41, 5.74) is 5.89. The van der Waals surface area contributed by atoms with E-state index in [9.17, 15) is 14.4 Å². The zero-order valence-corrected chi connectivity index (χ0v) is 16.4. The lowest BCUT2D eigenvalue weighted by Crippen LogP contribution is -2.27. The van der Waals surface area contributed by atoms with Gasteiger partial charge >= 0.3 is 0 Å². The van der Waals surface area contributed by atoms with Gasteiger partial charge in [-0.1, -0.05) is 18.2 Å². The molecule has 3 N–H and O–H groups in total. The summed E-state index contributed by atoms with van der Waals surface area (Å²) >= 11 is 0. The van der Waals surface area contributed by atoms with Crippen LogP contribution >= 0.6 is 0 Å². The number of amides is 2. The number of carbonyl (C=O) groups excluding carboxylic acids is 2. The molecule has 30 heavy (non-hydrogen) atoms. The molecule has 3 aromatic rings. The van der Waals surface area contributed by atoms with Gasteiger partial charge in [0.1, 0.15) is 5.56 Å². The van der Waals surface area contributed by atoms with Crippen molar-refractivity contribution in [2.45, 2.75) is 19.3 Å². The number of benzene rings is 1. The molecular weight excluding hydrogens is 384 g/mol. The monoisotopic (exact) mass is 406 g/mol. The fraction of sp³-hybridized carbons (Fsp3) is 0.286. The van der Waals surface area contributed by atoms with E-state index in [1.165, 1.54) is 12.4 Å². The van der Waals surface area contributed by atoms with Crippen LogP contribution in [0.5, 0.6) is 0 Å². The van der Waals surface area contributed by atoms with Gasteiger partial charge in [0.15, 0.2) is 5.65 Å². The van der Waals surface area contributed by atoms with E-state index < -0.39 is 11.3 Å². The van der Waals surface area contributed by atoms with Crippen LogP contribution in [0.2, 0.25) is 0 Å². The van der Waals surface area contributed by atoms with Gasteiger partial charge in [0.25, 0.3) is 5.91 Å². The number of nitrogens with two attached hydrogens (primary N) is 1. The molecule has 3 heterocycles. The van der Waals surface area contributed by atoms with Crippen LogP contribution in [0.4, 0.5) is 5.95 Å². The fourth-order valence-electron chi connectivity index (χ4n) is 3.57. The predicted molar refractivity (Wildman–Crippen MR) is 113 cm³/mol. The van der Waals surface area contributed by atoms with Gasteiger partial charge in [-0.05, 0) is 25.0 Å². The summed E-state index contributed by atoms with van der Waals surface area (Å²) in [6, 6.07) is 9.26. The van der Waals surface area contributed by atoms with E-state index in [-0.39, 0.29) is 16.9 Å². The van der Waals surface area contributed by atoms with E-state index in [4.69, 9.17) is 5.73 Å². The number of fused-ring (bicyclic) bond motifs is 1. The Morgan fingerprint density at radius 3 is 2.70 bits per heavy atom. The number of pyridine rings is 1. The van der Waals surface area contributed by atoms with Crippen LogP contribution in [0, 0.1) is 0 Å². The largest absolute Gasteiger partial charge is 0.365 e. The van der Waals surface area contributed by atoms with Gasteiger partial charge in [-0.25, -0.2) is 4.98 Å². The Labute approximate surface area is 172 Å². The molecule has 0 radical (unpaired) electrons. The van der Waals surface area contributed by atoms with Crippen LogP contribution in [-0.4, -0.2) is 50.9 Å². The summed E-state index contributed by atoms with van der Waals surface area (Å²) in [6.07, 6.45) is 5.14. The smallest absolute Gasteiger partial charge is 0.254 e. The van der Waals surface area contributed by atoms with Crippen molar-refractivity contribution >= 4 is 28.8 Å². The molecule has 9 nitrogen and oxygen atoms in total. The first-order valence-electron chi connectivity index (χ1n) is 9.84. The van der Waals surface area contributed by atoms with E-state index in [1.54, 1.807) is 4.57 Å². The normalized spacial score (nSPS) is 13.7. The molecule has 2 aromatic heterocycles. The van der Waals surface area contributed by atoms with Crippen molar-refractivity contribution in [3.63, 3.8) is 0 Å². The van der Waals surface area contributed by atoms with Gasteiger partial charge in [0, 0.05) is 44.1 Å². The van der Waals surface area contributed by atoms with Crippen molar-refractivity contribution in [1.82, 2.24) is 19.4 Å². The van der Waals surface area contributed by atoms with Gasteiger partial charge in [-0.15, -0.1) is 0 Å². The van der Waals surface area contributed by atoms with E-state index in [0.717, 1.165) is 25.1 Å². The quantitative estimate of drug-likeness (QED) is 0.570. The highest BCUT2D eigenvalue weighted by atomic mass is 16.2. The molecule has 1 aliphatic rings. The average molecular weight is 406 g/mol. The highest BCUT2D eigenvalue weighted by Gasteiger charge is 2.19. The van der Waals surface area contributed by atoms with Crippen molar-refractivity contribution in [1.29, 1.82) is 0 Å². The lowest BCUT2D eigenvalue weighted by atomic mass is 10.2. The van der Waals surface area contributed by atoms with Crippen molar-refractivity contribution in [3.05, 3.63) is 58.5 Å². The van der Waals surface area contributed by atoms with E-state index in [2.05, 4.69) is 15.3 Å². The van der Waals surface area contributed by atoms with Crippen molar-refractivity contribution < 1.29 is 9.59 Å². The Kier molecular flexibility index (Phi) is 5.42. The molecule has 1 fully saturated rings. The van der Waals surface area contributed by atoms with Crippen LogP contribution in [0.3, 0.4) is 0 Å². The minimum Gasteiger partial charge on any atom is -0.365 e. The van der Waals surface area contributed by atoms with Crippen LogP contribution in [0.25, 0.3) is 16.7 Å². The summed E-state index contributed by atoms with van der Waals surface area (Å²) in [7, 11) is 0. The molecule has 1 aliphatic heterocycles. The fourth-order valence-corrected chi connectivity index (χ4v) is 3.57. The van der Waals surface area contributed by atoms with Crippen LogP contribution < -0.4 is 16.5 Å². The molecule has 154 valence electrons. The summed E-state index contributed by atoms with van der Waals surface area (Å²) in [6.45, 7) is 2.09. The standard InChI is InChI=1S/C21H22N6O3/c22-19(30)16-13-27(14-6-2-1-3-7-14)20-15(18(16)29)12-24-21(25-20)23-9-5-11-26-10-4-8-17(26)28/h1-3,6-7,12-13H,4-5,8-11H2,(H2,22,30)(H,23,24,25). The number of primary amides is 1. The minimum atomic E-state index is -0.801. The maximum absolute atomic E-state index is 12.7. The third-order valence-corrected chi connectivity index (χ3v) is 5.10. The number of para-hydroxylation sites is 1. The topological polar surface area (TPSA) is 123 Å². The first-order valence-corrected chi connectivity index (χ1v) is 9.84. The molecule has 1 saturated heterocycles. The Morgan fingerprint density at radius 2 is 2.00 bits per heavy atom. The van der Waals surface area contributed by atoms with E-state index >= 15 is 0 Å². The Hall–Kier alpha value is -3.75. The lowest BCUT2D eigenvalue weighted by Gasteiger charge is -2.15. The Morgan fingerprint density at radius 1 is 1.20 bits per heavy atom. The molecule has 0 unspecified atom stereocenters. The van der Waals surface area contributed by atoms with Crippen LogP contribution in [0.1, 0.15) is 29.6 Å². The summed E-state index contributed by atoms with van der Waals surface area (Å²) in [5.74, 6) is -0.231. The highest BCUT2D eigenvalue weighted by molar-refractivity contribution is 5.96. The number of hydrogen-bond acceptors (Lipinski definition) is 6. The van der Waals surface area contributed by atoms with Gasteiger partial charge in [-0.3, -0.25) is 14.4 Å². The van der Waals surface area contributed by atoms with Crippen LogP contribution in [0.15, 0.2) is 47.5 Å². The molecule has 2 amide bonds. The number of nitrogens with zero attached hydrogens (tertiary/aromatic N) is 4. The zero-order valence-electron chi connectivity index (χ0n) is 16.4. The number of nitrogens with one attached hydrogen (secondary N) is 1. The molecule has 0 atom stereocenters. The van der Waals surface area contributed by atoms with Crippen molar-refractivity contribution in [2.24, 2.45) is 5.73 Å². The van der Waals surface area contributed by atoms with Crippen molar-refractivity contribution in [2.75, 3.05) is 25.0 Å². The lowest BCUT2D eigenvalue weighted by molar-refractivity contribution is -0.127. The maximum atomic E-state index is 12.7. The minimum absolute atomic E-state index is 0.119. The number of hydrogen-bond donors (Lipinski definition) is 2. The number of rotatable bonds is 7. The SMILES string of the molecule is NC(=O)c1cn(-c2ccccc2)c2nc(NCCCN3CCCC3=O)ncc2c1=O. The van der Waals surface area contributed by atoms with Gasteiger partial charge in [0.2, 0.25) is 17.3 Å². The third kappa shape index (κ3) is 3.86. The van der Waals surface area contributed by atoms with Crippen molar-refractivity contribution in [3.8, 4) is 5.69 Å². The first kappa shape index (κ1) is 19.6. The molecule has 1 aromatic carbocycles. The second-order valence-electron chi connectivity index (χ2n) is 7.14. The van der Waals surface area contributed by atoms with E-state index in [0.29, 0.717) is 31.1 Å². The Balaban J connectivity index is 1.62. The Bertz CT molecular complexity index is 1160. The predicted octanol–water partition coefficient (Wildman–Crippen LogP) is 1.30. The second-order valence-corrected chi connectivity index (χ2v) is 7.14. The summed E-state index contributed by atoms with van der Waals surface area (Å²) in [4.78, 5) is 46.7. The third-order valence-electron chi connectivity index (χ3n) is 5.10. The van der Waals surface area contributed by atoms with Gasteiger partial charge in [-0.2, -0.15) is 4.98 Å². The van der Waals surface area contributed by atoms with Crippen LogP contribution in [-0.2, 0) is 4.79 Å². The molecule has 0 saturated carbocycles. The summed E-state index contributed by atoms with van der Waals surface area (Å²) < 4.78 is 1.66. The van der Waals surface area contributed by atoms with E-state index in [1.807, 2.05) is 35.2 Å². The second kappa shape index (κ2) is 8.32. The molecule has 0 bridgehead atoms. The first-order chi connectivity index (χ1) is 14.5. The zero-order chi connectivity index (χ0) is 21.1. The molecule has 4 rings (SSSR count). The number of carbonyl (C=O) groups is 2. The molecule has 0 aliphatic carbocycles. The molecule has 0 spiro atoms. The highest BCUT2D eigenvalue weighted by Crippen LogP contribution is 2.17. The molecule has 9 heteroatoms.